The van der Waals surface area contributed by atoms with E-state index < -0.39 is 0 Å². The lowest BCUT2D eigenvalue weighted by Crippen LogP contribution is -2.25. The van der Waals surface area contributed by atoms with Gasteiger partial charge in [0.15, 0.2) is 0 Å². The van der Waals surface area contributed by atoms with Gasteiger partial charge in [-0.05, 0) is 25.2 Å². The third kappa shape index (κ3) is 15.4. The molecular formula is C26H52O2. The first-order chi connectivity index (χ1) is 13.7. The topological polar surface area (TPSA) is 26.3 Å². The van der Waals surface area contributed by atoms with Crippen LogP contribution in [-0.4, -0.2) is 12.6 Å². The van der Waals surface area contributed by atoms with Crippen molar-refractivity contribution in [1.82, 2.24) is 0 Å². The molecule has 0 N–H and O–H groups in total. The number of esters is 1. The molecule has 0 aromatic rings. The molecule has 0 rings (SSSR count). The van der Waals surface area contributed by atoms with E-state index in [0.29, 0.717) is 12.5 Å². The molecule has 2 heteroatoms. The van der Waals surface area contributed by atoms with Gasteiger partial charge < -0.3 is 4.74 Å². The largest absolute Gasteiger partial charge is 0.465 e. The number of hydrogen-bond donors (Lipinski definition) is 0. The molecule has 2 unspecified atom stereocenters. The van der Waals surface area contributed by atoms with E-state index >= 15 is 0 Å². The van der Waals surface area contributed by atoms with Crippen LogP contribution in [0.3, 0.4) is 0 Å². The zero-order valence-electron chi connectivity index (χ0n) is 19.9. The van der Waals surface area contributed by atoms with E-state index in [1.54, 1.807) is 0 Å². The second-order valence-electron chi connectivity index (χ2n) is 8.74. The fraction of sp³-hybridized carbons (Fsp3) is 0.962. The van der Waals surface area contributed by atoms with Crippen molar-refractivity contribution in [3.63, 3.8) is 0 Å². The van der Waals surface area contributed by atoms with Crippen molar-refractivity contribution in [3.8, 4) is 0 Å². The highest BCUT2D eigenvalue weighted by molar-refractivity contribution is 5.72. The fourth-order valence-electron chi connectivity index (χ4n) is 4.33. The molecule has 28 heavy (non-hydrogen) atoms. The first-order valence-corrected chi connectivity index (χ1v) is 12.9. The zero-order valence-corrected chi connectivity index (χ0v) is 19.9. The van der Waals surface area contributed by atoms with E-state index in [9.17, 15) is 4.79 Å². The predicted molar refractivity (Wildman–Crippen MR) is 124 cm³/mol. The molecule has 0 fully saturated rings. The Morgan fingerprint density at radius 2 is 1.07 bits per heavy atom. The molecule has 2 atom stereocenters. The van der Waals surface area contributed by atoms with Crippen molar-refractivity contribution in [1.29, 1.82) is 0 Å². The molecule has 0 aliphatic rings. The van der Waals surface area contributed by atoms with E-state index in [2.05, 4.69) is 27.7 Å². The quantitative estimate of drug-likeness (QED) is 0.143. The monoisotopic (exact) mass is 396 g/mol. The minimum Gasteiger partial charge on any atom is -0.465 e. The van der Waals surface area contributed by atoms with Gasteiger partial charge in [-0.15, -0.1) is 0 Å². The molecule has 0 amide bonds. The van der Waals surface area contributed by atoms with Crippen LogP contribution in [-0.2, 0) is 9.53 Å². The van der Waals surface area contributed by atoms with Crippen LogP contribution in [0.5, 0.6) is 0 Å². The Labute approximate surface area is 177 Å². The third-order valence-electron chi connectivity index (χ3n) is 6.24. The van der Waals surface area contributed by atoms with Crippen LogP contribution < -0.4 is 0 Å². The highest BCUT2D eigenvalue weighted by Gasteiger charge is 2.25. The molecule has 2 nitrogen and oxygen atoms in total. The van der Waals surface area contributed by atoms with Crippen molar-refractivity contribution in [3.05, 3.63) is 0 Å². The molecule has 0 spiro atoms. The summed E-state index contributed by atoms with van der Waals surface area (Å²) in [5.41, 5.74) is 0. The second kappa shape index (κ2) is 21.2. The van der Waals surface area contributed by atoms with E-state index in [0.717, 1.165) is 32.1 Å². The molecule has 0 bridgehead atoms. The van der Waals surface area contributed by atoms with Crippen LogP contribution in [0.15, 0.2) is 0 Å². The van der Waals surface area contributed by atoms with Gasteiger partial charge in [0.25, 0.3) is 0 Å². The molecule has 0 aliphatic carbocycles. The summed E-state index contributed by atoms with van der Waals surface area (Å²) < 4.78 is 5.59. The van der Waals surface area contributed by atoms with Gasteiger partial charge in [0.05, 0.1) is 12.5 Å². The summed E-state index contributed by atoms with van der Waals surface area (Å²) in [6, 6.07) is 0. The molecule has 0 aromatic heterocycles. The number of hydrogen-bond acceptors (Lipinski definition) is 2. The van der Waals surface area contributed by atoms with E-state index in [-0.39, 0.29) is 11.9 Å². The third-order valence-corrected chi connectivity index (χ3v) is 6.24. The normalized spacial score (nSPS) is 13.4. The summed E-state index contributed by atoms with van der Waals surface area (Å²) in [4.78, 5) is 12.4. The Morgan fingerprint density at radius 1 is 0.607 bits per heavy atom. The average molecular weight is 397 g/mol. The van der Waals surface area contributed by atoms with Crippen LogP contribution >= 0.6 is 0 Å². The van der Waals surface area contributed by atoms with Crippen molar-refractivity contribution in [2.45, 2.75) is 143 Å². The van der Waals surface area contributed by atoms with Gasteiger partial charge in [-0.3, -0.25) is 4.79 Å². The number of unbranched alkanes of at least 4 members (excludes halogenated alkanes) is 13. The Balaban J connectivity index is 3.48. The van der Waals surface area contributed by atoms with Gasteiger partial charge in [-0.1, -0.05) is 124 Å². The Hall–Kier alpha value is -0.530. The minimum atomic E-state index is 0.0532. The summed E-state index contributed by atoms with van der Waals surface area (Å²) in [6.07, 6.45) is 23.3. The lowest BCUT2D eigenvalue weighted by Gasteiger charge is -2.23. The summed E-state index contributed by atoms with van der Waals surface area (Å²) in [7, 11) is 0. The standard InChI is InChI=1S/C26H52O2/c1-5-9-10-11-12-13-14-15-16-17-18-19-20-21-23-28-26(27)25(8-4)24(7-3)22-6-2/h24-25H,5-23H2,1-4H3. The fourth-order valence-corrected chi connectivity index (χ4v) is 4.33. The van der Waals surface area contributed by atoms with Gasteiger partial charge >= 0.3 is 5.97 Å². The number of carbonyl (C=O) groups excluding carboxylic acids is 1. The Morgan fingerprint density at radius 3 is 1.46 bits per heavy atom. The van der Waals surface area contributed by atoms with Crippen LogP contribution in [0.1, 0.15) is 143 Å². The highest BCUT2D eigenvalue weighted by atomic mass is 16.5. The van der Waals surface area contributed by atoms with Gasteiger partial charge in [-0.25, -0.2) is 0 Å². The number of carbonyl (C=O) groups is 1. The van der Waals surface area contributed by atoms with Crippen LogP contribution in [0.2, 0.25) is 0 Å². The molecule has 0 aliphatic heterocycles. The lowest BCUT2D eigenvalue weighted by molar-refractivity contribution is -0.151. The van der Waals surface area contributed by atoms with Crippen LogP contribution in [0, 0.1) is 11.8 Å². The zero-order chi connectivity index (χ0) is 20.9. The van der Waals surface area contributed by atoms with E-state index in [4.69, 9.17) is 4.74 Å². The van der Waals surface area contributed by atoms with Crippen molar-refractivity contribution in [2.24, 2.45) is 11.8 Å². The molecule has 0 saturated carbocycles. The smallest absolute Gasteiger partial charge is 0.309 e. The molecule has 0 heterocycles. The van der Waals surface area contributed by atoms with E-state index in [1.807, 2.05) is 0 Å². The Bertz CT molecular complexity index is 326. The van der Waals surface area contributed by atoms with Crippen molar-refractivity contribution >= 4 is 5.97 Å². The van der Waals surface area contributed by atoms with Gasteiger partial charge in [0.2, 0.25) is 0 Å². The summed E-state index contributed by atoms with van der Waals surface area (Å²) >= 11 is 0. The van der Waals surface area contributed by atoms with Crippen LogP contribution in [0.25, 0.3) is 0 Å². The molecule has 168 valence electrons. The van der Waals surface area contributed by atoms with Crippen LogP contribution in [0.4, 0.5) is 0 Å². The van der Waals surface area contributed by atoms with Crippen molar-refractivity contribution in [2.75, 3.05) is 6.61 Å². The van der Waals surface area contributed by atoms with Gasteiger partial charge in [0.1, 0.15) is 0 Å². The summed E-state index contributed by atoms with van der Waals surface area (Å²) in [5, 5.41) is 0. The SMILES string of the molecule is CCCCCCCCCCCCCCCCOC(=O)C(CC)C(CC)CCC. The number of ether oxygens (including phenoxy) is 1. The highest BCUT2D eigenvalue weighted by Crippen LogP contribution is 2.25. The maximum absolute atomic E-state index is 12.4. The lowest BCUT2D eigenvalue weighted by atomic mass is 9.85. The maximum atomic E-state index is 12.4. The molecule has 0 aromatic carbocycles. The van der Waals surface area contributed by atoms with Crippen molar-refractivity contribution < 1.29 is 9.53 Å². The van der Waals surface area contributed by atoms with Gasteiger partial charge in [0, 0.05) is 0 Å². The molecule has 0 saturated heterocycles. The maximum Gasteiger partial charge on any atom is 0.309 e. The summed E-state index contributed by atoms with van der Waals surface area (Å²) in [6.45, 7) is 9.43. The molecular weight excluding hydrogens is 344 g/mol. The number of rotatable bonds is 21. The van der Waals surface area contributed by atoms with E-state index in [1.165, 1.54) is 83.5 Å². The Kier molecular flexibility index (Phi) is 20.8. The second-order valence-corrected chi connectivity index (χ2v) is 8.74. The minimum absolute atomic E-state index is 0.0532. The summed E-state index contributed by atoms with van der Waals surface area (Å²) in [5.74, 6) is 0.660. The first kappa shape index (κ1) is 27.5. The predicted octanol–water partition coefficient (Wildman–Crippen LogP) is 8.86. The van der Waals surface area contributed by atoms with Gasteiger partial charge in [-0.2, -0.15) is 0 Å². The first-order valence-electron chi connectivity index (χ1n) is 12.9. The average Bonchev–Trinajstić information content (AvgIpc) is 2.70. The molecule has 0 radical (unpaired) electrons.